The fourth-order valence-electron chi connectivity index (χ4n) is 2.96. The summed E-state index contributed by atoms with van der Waals surface area (Å²) in [7, 11) is 0. The van der Waals surface area contributed by atoms with Crippen LogP contribution in [0.15, 0.2) is 42.6 Å². The molecule has 2 N–H and O–H groups in total. The van der Waals surface area contributed by atoms with E-state index >= 15 is 0 Å². The van der Waals surface area contributed by atoms with E-state index in [1.807, 2.05) is 43.3 Å². The number of carbonyl (C=O) groups excluding carboxylic acids is 1. The topological polar surface area (TPSA) is 63.2 Å². The van der Waals surface area contributed by atoms with Crippen LogP contribution in [0.3, 0.4) is 0 Å². The molecular weight excluding hydrogens is 385 g/mol. The Morgan fingerprint density at radius 1 is 1.30 bits per heavy atom. The number of rotatable bonds is 7. The highest BCUT2D eigenvalue weighted by molar-refractivity contribution is 5.94. The van der Waals surface area contributed by atoms with E-state index in [1.165, 1.54) is 6.42 Å². The molecule has 1 aromatic heterocycles. The summed E-state index contributed by atoms with van der Waals surface area (Å²) < 4.78 is 5.73. The third kappa shape index (κ3) is 7.37. The highest BCUT2D eigenvalue weighted by Gasteiger charge is 2.14. The maximum absolute atomic E-state index is 12.3. The van der Waals surface area contributed by atoms with Gasteiger partial charge in [-0.1, -0.05) is 12.1 Å². The molecule has 2 aromatic rings. The molecular formula is C20H27Cl2N3O2. The lowest BCUT2D eigenvalue weighted by Gasteiger charge is -2.10. The molecule has 2 heterocycles. The zero-order valence-corrected chi connectivity index (χ0v) is 17.1. The van der Waals surface area contributed by atoms with Crippen LogP contribution in [0.25, 0.3) is 0 Å². The molecule has 1 atom stereocenters. The molecule has 0 saturated carbocycles. The zero-order chi connectivity index (χ0) is 17.5. The van der Waals surface area contributed by atoms with Crippen LogP contribution in [-0.2, 0) is 6.61 Å². The average molecular weight is 412 g/mol. The number of benzene rings is 1. The van der Waals surface area contributed by atoms with Gasteiger partial charge in [-0.3, -0.25) is 9.78 Å². The van der Waals surface area contributed by atoms with Crippen molar-refractivity contribution in [2.45, 2.75) is 26.4 Å². The molecule has 1 unspecified atom stereocenters. The summed E-state index contributed by atoms with van der Waals surface area (Å²) in [6, 6.07) is 11.4. The first kappa shape index (κ1) is 23.2. The minimum atomic E-state index is -0.0233. The minimum Gasteiger partial charge on any atom is -0.487 e. The van der Waals surface area contributed by atoms with Gasteiger partial charge in [0.25, 0.3) is 5.91 Å². The fourth-order valence-corrected chi connectivity index (χ4v) is 2.96. The van der Waals surface area contributed by atoms with Crippen LogP contribution in [0, 0.1) is 12.8 Å². The van der Waals surface area contributed by atoms with Gasteiger partial charge in [-0.05, 0) is 68.6 Å². The number of ether oxygens (including phenoxy) is 1. The standard InChI is InChI=1S/C20H25N3O2.2ClH/c1-15-5-6-19(13-23-15)25-14-17-3-2-4-18(11-17)20(24)22-10-8-16-7-9-21-12-16;;/h2-6,11,13,16,21H,7-10,12,14H2,1H3,(H,22,24);2*1H. The molecule has 5 nitrogen and oxygen atoms in total. The molecule has 1 aromatic carbocycles. The van der Waals surface area contributed by atoms with Crippen LogP contribution < -0.4 is 15.4 Å². The Morgan fingerprint density at radius 2 is 2.15 bits per heavy atom. The number of halogens is 2. The van der Waals surface area contributed by atoms with Crippen LogP contribution in [0.2, 0.25) is 0 Å². The molecule has 3 rings (SSSR count). The highest BCUT2D eigenvalue weighted by atomic mass is 35.5. The molecule has 148 valence electrons. The Hall–Kier alpha value is -1.82. The maximum Gasteiger partial charge on any atom is 0.251 e. The van der Waals surface area contributed by atoms with E-state index in [-0.39, 0.29) is 30.7 Å². The molecule has 0 radical (unpaired) electrons. The van der Waals surface area contributed by atoms with Gasteiger partial charge in [0.15, 0.2) is 0 Å². The Morgan fingerprint density at radius 3 is 2.85 bits per heavy atom. The molecule has 1 fully saturated rings. The van der Waals surface area contributed by atoms with Crippen molar-refractivity contribution in [3.8, 4) is 5.75 Å². The maximum atomic E-state index is 12.3. The van der Waals surface area contributed by atoms with Crippen molar-refractivity contribution in [3.05, 3.63) is 59.4 Å². The first-order valence-corrected chi connectivity index (χ1v) is 8.84. The number of hydrogen-bond acceptors (Lipinski definition) is 4. The van der Waals surface area contributed by atoms with E-state index in [1.54, 1.807) is 6.20 Å². The molecule has 1 aliphatic rings. The summed E-state index contributed by atoms with van der Waals surface area (Å²) in [5.41, 5.74) is 2.60. The molecule has 0 spiro atoms. The Bertz CT molecular complexity index is 705. The number of pyridine rings is 1. The number of amides is 1. The van der Waals surface area contributed by atoms with Gasteiger partial charge in [-0.2, -0.15) is 0 Å². The summed E-state index contributed by atoms with van der Waals surface area (Å²) in [4.78, 5) is 16.5. The smallest absolute Gasteiger partial charge is 0.251 e. The van der Waals surface area contributed by atoms with E-state index < -0.39 is 0 Å². The minimum absolute atomic E-state index is 0. The lowest BCUT2D eigenvalue weighted by atomic mass is 10.1. The number of aryl methyl sites for hydroxylation is 1. The van der Waals surface area contributed by atoms with Gasteiger partial charge >= 0.3 is 0 Å². The molecule has 1 saturated heterocycles. The predicted molar refractivity (Wildman–Crippen MR) is 112 cm³/mol. The Kier molecular flexibility index (Phi) is 10.1. The van der Waals surface area contributed by atoms with Gasteiger partial charge < -0.3 is 15.4 Å². The summed E-state index contributed by atoms with van der Waals surface area (Å²) in [6.07, 6.45) is 3.95. The SMILES string of the molecule is Cc1ccc(OCc2cccc(C(=O)NCCC3CCNC3)c2)cn1.Cl.Cl. The van der Waals surface area contributed by atoms with Crippen LogP contribution in [-0.4, -0.2) is 30.5 Å². The number of carbonyl (C=O) groups is 1. The van der Waals surface area contributed by atoms with Gasteiger partial charge in [0.1, 0.15) is 12.4 Å². The van der Waals surface area contributed by atoms with E-state index in [4.69, 9.17) is 4.74 Å². The van der Waals surface area contributed by atoms with Gasteiger partial charge in [0.05, 0.1) is 6.20 Å². The largest absolute Gasteiger partial charge is 0.487 e. The summed E-state index contributed by atoms with van der Waals surface area (Å²) in [6.45, 7) is 5.24. The molecule has 1 aliphatic heterocycles. The normalized spacial score (nSPS) is 15.4. The molecule has 0 bridgehead atoms. The lowest BCUT2D eigenvalue weighted by molar-refractivity contribution is 0.0951. The molecule has 1 amide bonds. The molecule has 27 heavy (non-hydrogen) atoms. The lowest BCUT2D eigenvalue weighted by Crippen LogP contribution is -2.26. The van der Waals surface area contributed by atoms with Crippen molar-refractivity contribution >= 4 is 30.7 Å². The van der Waals surface area contributed by atoms with Crippen molar-refractivity contribution in [1.82, 2.24) is 15.6 Å². The molecule has 0 aliphatic carbocycles. The van der Waals surface area contributed by atoms with Crippen LogP contribution in [0.4, 0.5) is 0 Å². The summed E-state index contributed by atoms with van der Waals surface area (Å²) in [5, 5.41) is 6.36. The van der Waals surface area contributed by atoms with Crippen molar-refractivity contribution in [2.75, 3.05) is 19.6 Å². The number of aromatic nitrogens is 1. The van der Waals surface area contributed by atoms with E-state index in [2.05, 4.69) is 15.6 Å². The second-order valence-corrected chi connectivity index (χ2v) is 6.53. The van der Waals surface area contributed by atoms with Crippen molar-refractivity contribution in [3.63, 3.8) is 0 Å². The van der Waals surface area contributed by atoms with Crippen molar-refractivity contribution in [1.29, 1.82) is 0 Å². The van der Waals surface area contributed by atoms with E-state index in [9.17, 15) is 4.79 Å². The Balaban J connectivity index is 0.00000182. The number of hydrogen-bond donors (Lipinski definition) is 2. The summed E-state index contributed by atoms with van der Waals surface area (Å²) in [5.74, 6) is 1.39. The fraction of sp³-hybridized carbons (Fsp3) is 0.400. The highest BCUT2D eigenvalue weighted by Crippen LogP contribution is 2.13. The number of nitrogens with zero attached hydrogens (tertiary/aromatic N) is 1. The number of nitrogens with one attached hydrogen (secondary N) is 2. The van der Waals surface area contributed by atoms with E-state index in [0.29, 0.717) is 18.1 Å². The first-order valence-electron chi connectivity index (χ1n) is 8.84. The Labute approximate surface area is 173 Å². The third-order valence-corrected chi connectivity index (χ3v) is 4.48. The van der Waals surface area contributed by atoms with Crippen LogP contribution in [0.1, 0.15) is 34.5 Å². The van der Waals surface area contributed by atoms with Gasteiger partial charge in [-0.15, -0.1) is 24.8 Å². The van der Waals surface area contributed by atoms with Gasteiger partial charge in [0, 0.05) is 17.8 Å². The predicted octanol–water partition coefficient (Wildman–Crippen LogP) is 3.54. The van der Waals surface area contributed by atoms with Gasteiger partial charge in [0.2, 0.25) is 0 Å². The zero-order valence-electron chi connectivity index (χ0n) is 15.4. The van der Waals surface area contributed by atoms with Crippen molar-refractivity contribution in [2.24, 2.45) is 5.92 Å². The van der Waals surface area contributed by atoms with Crippen molar-refractivity contribution < 1.29 is 9.53 Å². The molecule has 7 heteroatoms. The monoisotopic (exact) mass is 411 g/mol. The second kappa shape index (κ2) is 11.8. The summed E-state index contributed by atoms with van der Waals surface area (Å²) >= 11 is 0. The quantitative estimate of drug-likeness (QED) is 0.730. The van der Waals surface area contributed by atoms with E-state index in [0.717, 1.165) is 43.1 Å². The van der Waals surface area contributed by atoms with Crippen LogP contribution >= 0.6 is 24.8 Å². The first-order chi connectivity index (χ1) is 12.2. The second-order valence-electron chi connectivity index (χ2n) is 6.53. The third-order valence-electron chi connectivity index (χ3n) is 4.48. The average Bonchev–Trinajstić information content (AvgIpc) is 3.15. The van der Waals surface area contributed by atoms with Gasteiger partial charge in [-0.25, -0.2) is 0 Å². The van der Waals surface area contributed by atoms with Crippen LogP contribution in [0.5, 0.6) is 5.75 Å².